The van der Waals surface area contributed by atoms with E-state index in [2.05, 4.69) is 0 Å². The van der Waals surface area contributed by atoms with Gasteiger partial charge in [0.1, 0.15) is 0 Å². The highest BCUT2D eigenvalue weighted by Crippen LogP contribution is 2.15. The molecule has 64 valence electrons. The van der Waals surface area contributed by atoms with E-state index in [-0.39, 0.29) is 11.7 Å². The molecule has 4 heteroatoms. The molecular formula is C8H10N2O2. The Kier molecular flexibility index (Phi) is 2.40. The van der Waals surface area contributed by atoms with Gasteiger partial charge in [-0.15, -0.1) is 0 Å². The number of hydrogen-bond donors (Lipinski definition) is 1. The Bertz CT molecular complexity index is 280. The van der Waals surface area contributed by atoms with Crippen LogP contribution in [0.3, 0.4) is 0 Å². The fourth-order valence-electron chi connectivity index (χ4n) is 0.900. The number of rotatable bonds is 2. The van der Waals surface area contributed by atoms with Crippen LogP contribution in [0.25, 0.3) is 0 Å². The molecule has 0 saturated carbocycles. The lowest BCUT2D eigenvalue weighted by atomic mass is 10.1. The maximum absolute atomic E-state index is 10.3. The molecule has 0 saturated heterocycles. The Labute approximate surface area is 70.2 Å². The highest BCUT2D eigenvalue weighted by Gasteiger charge is 2.05. The van der Waals surface area contributed by atoms with E-state index in [9.17, 15) is 10.1 Å². The molecular weight excluding hydrogens is 156 g/mol. The van der Waals surface area contributed by atoms with Gasteiger partial charge in [0.2, 0.25) is 0 Å². The van der Waals surface area contributed by atoms with Gasteiger partial charge in [-0.2, -0.15) is 0 Å². The molecule has 0 amide bonds. The van der Waals surface area contributed by atoms with Crippen LogP contribution in [0.4, 0.5) is 5.69 Å². The average molecular weight is 166 g/mol. The lowest BCUT2D eigenvalue weighted by Crippen LogP contribution is -2.04. The van der Waals surface area contributed by atoms with Gasteiger partial charge in [-0.05, 0) is 12.5 Å². The second-order valence-electron chi connectivity index (χ2n) is 2.64. The number of nitro benzene ring substituents is 1. The Morgan fingerprint density at radius 3 is 2.25 bits per heavy atom. The number of nitro groups is 1. The zero-order chi connectivity index (χ0) is 9.14. The van der Waals surface area contributed by atoms with Crippen LogP contribution in [0, 0.1) is 10.1 Å². The van der Waals surface area contributed by atoms with Crippen molar-refractivity contribution in [1.29, 1.82) is 0 Å². The second kappa shape index (κ2) is 3.32. The fourth-order valence-corrected chi connectivity index (χ4v) is 0.900. The number of nitrogens with two attached hydrogens (primary N) is 1. The van der Waals surface area contributed by atoms with E-state index in [1.165, 1.54) is 12.1 Å². The van der Waals surface area contributed by atoms with E-state index in [1.54, 1.807) is 12.1 Å². The minimum atomic E-state index is -0.426. The van der Waals surface area contributed by atoms with Crippen molar-refractivity contribution in [3.63, 3.8) is 0 Å². The summed E-state index contributed by atoms with van der Waals surface area (Å²) >= 11 is 0. The van der Waals surface area contributed by atoms with Gasteiger partial charge in [-0.25, -0.2) is 0 Å². The number of nitrogens with zero attached hydrogens (tertiary/aromatic N) is 1. The lowest BCUT2D eigenvalue weighted by Gasteiger charge is -2.03. The molecule has 1 aromatic carbocycles. The van der Waals surface area contributed by atoms with Gasteiger partial charge in [0, 0.05) is 18.2 Å². The summed E-state index contributed by atoms with van der Waals surface area (Å²) in [4.78, 5) is 9.83. The third kappa shape index (κ3) is 1.79. The molecule has 1 atom stereocenters. The summed E-state index contributed by atoms with van der Waals surface area (Å²) in [6.07, 6.45) is 0. The fraction of sp³-hybridized carbons (Fsp3) is 0.250. The zero-order valence-corrected chi connectivity index (χ0v) is 6.73. The summed E-state index contributed by atoms with van der Waals surface area (Å²) in [6.45, 7) is 1.83. The zero-order valence-electron chi connectivity index (χ0n) is 6.73. The first-order chi connectivity index (χ1) is 5.61. The predicted octanol–water partition coefficient (Wildman–Crippen LogP) is 1.61. The molecule has 0 aromatic heterocycles. The van der Waals surface area contributed by atoms with Crippen molar-refractivity contribution in [3.05, 3.63) is 39.9 Å². The Morgan fingerprint density at radius 1 is 1.42 bits per heavy atom. The lowest BCUT2D eigenvalue weighted by molar-refractivity contribution is -0.384. The molecule has 0 aliphatic heterocycles. The van der Waals surface area contributed by atoms with Crippen LogP contribution in [0.5, 0.6) is 0 Å². The van der Waals surface area contributed by atoms with E-state index in [4.69, 9.17) is 5.73 Å². The molecule has 0 aliphatic carbocycles. The second-order valence-corrected chi connectivity index (χ2v) is 2.64. The molecule has 0 heterocycles. The van der Waals surface area contributed by atoms with Crippen molar-refractivity contribution in [2.75, 3.05) is 0 Å². The predicted molar refractivity (Wildman–Crippen MR) is 45.7 cm³/mol. The number of hydrogen-bond acceptors (Lipinski definition) is 3. The maximum Gasteiger partial charge on any atom is 0.269 e. The third-order valence-corrected chi connectivity index (χ3v) is 1.63. The van der Waals surface area contributed by atoms with Crippen LogP contribution >= 0.6 is 0 Å². The van der Waals surface area contributed by atoms with Crippen LogP contribution in [-0.4, -0.2) is 4.92 Å². The summed E-state index contributed by atoms with van der Waals surface area (Å²) in [5.41, 5.74) is 6.57. The van der Waals surface area contributed by atoms with Gasteiger partial charge in [0.15, 0.2) is 0 Å². The van der Waals surface area contributed by atoms with Gasteiger partial charge in [-0.3, -0.25) is 10.1 Å². The molecule has 0 aliphatic rings. The summed E-state index contributed by atoms with van der Waals surface area (Å²) in [7, 11) is 0. The molecule has 1 aromatic rings. The minimum Gasteiger partial charge on any atom is -0.324 e. The SMILES string of the molecule is C[C@H](N)c1ccc([N+](=O)[O-])cc1. The van der Waals surface area contributed by atoms with Crippen molar-refractivity contribution in [2.45, 2.75) is 13.0 Å². The largest absolute Gasteiger partial charge is 0.324 e. The summed E-state index contributed by atoms with van der Waals surface area (Å²) < 4.78 is 0. The van der Waals surface area contributed by atoms with Gasteiger partial charge in [0.25, 0.3) is 5.69 Å². The standard InChI is InChI=1S/C8H10N2O2/c1-6(9)7-2-4-8(5-3-7)10(11)12/h2-6H,9H2,1H3/t6-/m0/s1. The van der Waals surface area contributed by atoms with Crippen molar-refractivity contribution in [2.24, 2.45) is 5.73 Å². The van der Waals surface area contributed by atoms with Crippen molar-refractivity contribution in [3.8, 4) is 0 Å². The van der Waals surface area contributed by atoms with Crippen LogP contribution in [0.2, 0.25) is 0 Å². The normalized spacial score (nSPS) is 12.5. The van der Waals surface area contributed by atoms with E-state index in [0.717, 1.165) is 5.56 Å². The Balaban J connectivity index is 2.93. The van der Waals surface area contributed by atoms with Crippen LogP contribution in [-0.2, 0) is 0 Å². The Morgan fingerprint density at radius 2 is 1.92 bits per heavy atom. The molecule has 0 fully saturated rings. The smallest absolute Gasteiger partial charge is 0.269 e. The van der Waals surface area contributed by atoms with Gasteiger partial charge < -0.3 is 5.73 Å². The number of non-ortho nitro benzene ring substituents is 1. The highest BCUT2D eigenvalue weighted by atomic mass is 16.6. The van der Waals surface area contributed by atoms with Gasteiger partial charge >= 0.3 is 0 Å². The van der Waals surface area contributed by atoms with Crippen molar-refractivity contribution >= 4 is 5.69 Å². The summed E-state index contributed by atoms with van der Waals surface area (Å²) in [6, 6.07) is 6.18. The Hall–Kier alpha value is -1.42. The third-order valence-electron chi connectivity index (χ3n) is 1.63. The van der Waals surface area contributed by atoms with Gasteiger partial charge in [0.05, 0.1) is 4.92 Å². The minimum absolute atomic E-state index is 0.0780. The molecule has 0 radical (unpaired) electrons. The van der Waals surface area contributed by atoms with E-state index in [0.29, 0.717) is 0 Å². The molecule has 1 rings (SSSR count). The molecule has 0 spiro atoms. The summed E-state index contributed by atoms with van der Waals surface area (Å²) in [5.74, 6) is 0. The van der Waals surface area contributed by atoms with E-state index >= 15 is 0 Å². The molecule has 0 bridgehead atoms. The quantitative estimate of drug-likeness (QED) is 0.536. The molecule has 4 nitrogen and oxygen atoms in total. The van der Waals surface area contributed by atoms with E-state index in [1.807, 2.05) is 6.92 Å². The van der Waals surface area contributed by atoms with Crippen LogP contribution < -0.4 is 5.73 Å². The number of benzene rings is 1. The highest BCUT2D eigenvalue weighted by molar-refractivity contribution is 5.33. The molecule has 2 N–H and O–H groups in total. The first kappa shape index (κ1) is 8.67. The van der Waals surface area contributed by atoms with E-state index < -0.39 is 4.92 Å². The topological polar surface area (TPSA) is 69.2 Å². The first-order valence-electron chi connectivity index (χ1n) is 3.61. The monoisotopic (exact) mass is 166 g/mol. The molecule has 0 unspecified atom stereocenters. The average Bonchev–Trinajstić information content (AvgIpc) is 2.04. The van der Waals surface area contributed by atoms with Crippen molar-refractivity contribution < 1.29 is 4.92 Å². The van der Waals surface area contributed by atoms with Crippen LogP contribution in [0.1, 0.15) is 18.5 Å². The molecule has 12 heavy (non-hydrogen) atoms. The van der Waals surface area contributed by atoms with Crippen LogP contribution in [0.15, 0.2) is 24.3 Å². The first-order valence-corrected chi connectivity index (χ1v) is 3.61. The van der Waals surface area contributed by atoms with Gasteiger partial charge in [-0.1, -0.05) is 12.1 Å². The maximum atomic E-state index is 10.3. The summed E-state index contributed by atoms with van der Waals surface area (Å²) in [5, 5.41) is 10.3. The van der Waals surface area contributed by atoms with Crippen molar-refractivity contribution in [1.82, 2.24) is 0 Å².